The lowest BCUT2D eigenvalue weighted by Gasteiger charge is -2.13. The first-order chi connectivity index (χ1) is 10.1. The van der Waals surface area contributed by atoms with Crippen LogP contribution in [0.1, 0.15) is 23.4 Å². The van der Waals surface area contributed by atoms with Crippen LogP contribution in [0, 0.1) is 5.82 Å². The van der Waals surface area contributed by atoms with E-state index in [4.69, 9.17) is 4.84 Å². The number of rotatable bonds is 6. The number of hydrogen-bond acceptors (Lipinski definition) is 4. The van der Waals surface area contributed by atoms with Gasteiger partial charge in [-0.05, 0) is 36.1 Å². The molecule has 1 heterocycles. The van der Waals surface area contributed by atoms with Gasteiger partial charge >= 0.3 is 0 Å². The van der Waals surface area contributed by atoms with E-state index in [9.17, 15) is 9.18 Å². The van der Waals surface area contributed by atoms with Crippen molar-refractivity contribution in [3.05, 3.63) is 58.0 Å². The van der Waals surface area contributed by atoms with E-state index in [1.165, 1.54) is 23.5 Å². The third kappa shape index (κ3) is 5.00. The Bertz CT molecular complexity index is 597. The smallest absolute Gasteiger partial charge is 0.261 e. The van der Waals surface area contributed by atoms with E-state index in [-0.39, 0.29) is 24.4 Å². The molecule has 1 atom stereocenters. The highest BCUT2D eigenvalue weighted by Crippen LogP contribution is 2.12. The van der Waals surface area contributed by atoms with Crippen molar-refractivity contribution in [3.8, 4) is 0 Å². The molecule has 4 nitrogen and oxygen atoms in total. The van der Waals surface area contributed by atoms with Gasteiger partial charge in [0.05, 0.1) is 12.3 Å². The lowest BCUT2D eigenvalue weighted by atomic mass is 10.1. The van der Waals surface area contributed by atoms with Gasteiger partial charge in [0.15, 0.2) is 6.61 Å². The second-order valence-corrected chi connectivity index (χ2v) is 5.34. The summed E-state index contributed by atoms with van der Waals surface area (Å²) in [4.78, 5) is 17.6. The van der Waals surface area contributed by atoms with E-state index in [0.717, 1.165) is 10.4 Å². The highest BCUT2D eigenvalue weighted by molar-refractivity contribution is 7.11. The van der Waals surface area contributed by atoms with Gasteiger partial charge in [-0.3, -0.25) is 4.79 Å². The summed E-state index contributed by atoms with van der Waals surface area (Å²) < 4.78 is 12.8. The Morgan fingerprint density at radius 3 is 2.86 bits per heavy atom. The van der Waals surface area contributed by atoms with Crippen molar-refractivity contribution in [3.63, 3.8) is 0 Å². The summed E-state index contributed by atoms with van der Waals surface area (Å²) in [5.41, 5.74) is 0.826. The Kier molecular flexibility index (Phi) is 5.45. The van der Waals surface area contributed by atoms with Crippen LogP contribution in [0.25, 0.3) is 0 Å². The summed E-state index contributed by atoms with van der Waals surface area (Å²) in [5, 5.41) is 8.40. The van der Waals surface area contributed by atoms with Crippen LogP contribution in [0.5, 0.6) is 0 Å². The summed E-state index contributed by atoms with van der Waals surface area (Å²) in [6.45, 7) is 1.66. The van der Waals surface area contributed by atoms with Gasteiger partial charge in [0.2, 0.25) is 0 Å². The number of halogens is 1. The topological polar surface area (TPSA) is 50.7 Å². The molecule has 110 valence electrons. The zero-order valence-electron chi connectivity index (χ0n) is 11.5. The van der Waals surface area contributed by atoms with Crippen LogP contribution in [0.4, 0.5) is 4.39 Å². The number of thiophene rings is 1. The van der Waals surface area contributed by atoms with Gasteiger partial charge in [0.1, 0.15) is 5.82 Å². The van der Waals surface area contributed by atoms with E-state index in [1.54, 1.807) is 18.3 Å². The molecule has 0 spiro atoms. The molecular formula is C15H15FN2O2S. The average molecular weight is 306 g/mol. The quantitative estimate of drug-likeness (QED) is 0.658. The molecule has 1 amide bonds. The maximum atomic E-state index is 12.8. The maximum absolute atomic E-state index is 12.8. The molecule has 0 unspecified atom stereocenters. The van der Waals surface area contributed by atoms with E-state index in [2.05, 4.69) is 10.5 Å². The normalized spacial score (nSPS) is 12.3. The van der Waals surface area contributed by atoms with Crippen molar-refractivity contribution >= 4 is 23.5 Å². The van der Waals surface area contributed by atoms with Crippen LogP contribution in [0.15, 0.2) is 46.9 Å². The van der Waals surface area contributed by atoms with Gasteiger partial charge in [-0.1, -0.05) is 23.4 Å². The van der Waals surface area contributed by atoms with Gasteiger partial charge in [-0.25, -0.2) is 4.39 Å². The fraction of sp³-hybridized carbons (Fsp3) is 0.200. The lowest BCUT2D eigenvalue weighted by Crippen LogP contribution is -2.29. The number of nitrogens with zero attached hydrogens (tertiary/aromatic N) is 1. The van der Waals surface area contributed by atoms with E-state index < -0.39 is 0 Å². The van der Waals surface area contributed by atoms with Gasteiger partial charge in [-0.15, -0.1) is 11.3 Å². The van der Waals surface area contributed by atoms with Crippen LogP contribution in [-0.2, 0) is 9.63 Å². The van der Waals surface area contributed by atoms with Crippen molar-refractivity contribution in [2.24, 2.45) is 5.16 Å². The Balaban J connectivity index is 1.75. The Morgan fingerprint density at radius 1 is 1.43 bits per heavy atom. The first kappa shape index (κ1) is 15.2. The standard InChI is InChI=1S/C15H15FN2O2S/c1-11(12-4-6-13(16)7-5-12)18-15(19)10-20-17-9-14-3-2-8-21-14/h2-9,11H,10H2,1H3,(H,18,19)/t11-/m0/s1. The zero-order chi connectivity index (χ0) is 15.1. The molecule has 0 saturated carbocycles. The number of benzene rings is 1. The van der Waals surface area contributed by atoms with E-state index in [0.29, 0.717) is 0 Å². The first-order valence-electron chi connectivity index (χ1n) is 6.39. The summed E-state index contributed by atoms with van der Waals surface area (Å²) in [6.07, 6.45) is 1.56. The summed E-state index contributed by atoms with van der Waals surface area (Å²) in [5.74, 6) is -0.585. The monoisotopic (exact) mass is 306 g/mol. The van der Waals surface area contributed by atoms with Crippen molar-refractivity contribution < 1.29 is 14.0 Å². The molecular weight excluding hydrogens is 291 g/mol. The molecule has 0 aliphatic rings. The number of carbonyl (C=O) groups is 1. The van der Waals surface area contributed by atoms with Crippen LogP contribution in [0.2, 0.25) is 0 Å². The Labute approximate surface area is 126 Å². The molecule has 0 radical (unpaired) electrons. The number of amides is 1. The molecule has 0 saturated heterocycles. The van der Waals surface area contributed by atoms with Gasteiger partial charge in [-0.2, -0.15) is 0 Å². The number of nitrogens with one attached hydrogen (secondary N) is 1. The Hall–Kier alpha value is -2.21. The largest absolute Gasteiger partial charge is 0.386 e. The second kappa shape index (κ2) is 7.54. The highest BCUT2D eigenvalue weighted by Gasteiger charge is 2.09. The molecule has 2 aromatic rings. The van der Waals surface area contributed by atoms with Crippen molar-refractivity contribution in [2.75, 3.05) is 6.61 Å². The summed E-state index contributed by atoms with van der Waals surface area (Å²) in [7, 11) is 0. The van der Waals surface area contributed by atoms with Gasteiger partial charge < -0.3 is 10.2 Å². The molecule has 1 aromatic heterocycles. The van der Waals surface area contributed by atoms with E-state index >= 15 is 0 Å². The van der Waals surface area contributed by atoms with Crippen LogP contribution in [0.3, 0.4) is 0 Å². The molecule has 1 N–H and O–H groups in total. The van der Waals surface area contributed by atoms with Gasteiger partial charge in [0, 0.05) is 4.88 Å². The van der Waals surface area contributed by atoms with Crippen molar-refractivity contribution in [1.29, 1.82) is 0 Å². The van der Waals surface area contributed by atoms with Crippen LogP contribution in [-0.4, -0.2) is 18.7 Å². The summed E-state index contributed by atoms with van der Waals surface area (Å²) >= 11 is 1.53. The molecule has 0 bridgehead atoms. The van der Waals surface area contributed by atoms with Gasteiger partial charge in [0.25, 0.3) is 5.91 Å². The molecule has 0 aliphatic carbocycles. The third-order valence-electron chi connectivity index (χ3n) is 2.74. The van der Waals surface area contributed by atoms with Crippen molar-refractivity contribution in [2.45, 2.75) is 13.0 Å². The molecule has 21 heavy (non-hydrogen) atoms. The fourth-order valence-electron chi connectivity index (χ4n) is 1.67. The Morgan fingerprint density at radius 2 is 2.19 bits per heavy atom. The fourth-order valence-corrected chi connectivity index (χ4v) is 2.24. The zero-order valence-corrected chi connectivity index (χ0v) is 12.3. The molecule has 0 aliphatic heterocycles. The molecule has 0 fully saturated rings. The highest BCUT2D eigenvalue weighted by atomic mass is 32.1. The lowest BCUT2D eigenvalue weighted by molar-refractivity contribution is -0.126. The minimum Gasteiger partial charge on any atom is -0.386 e. The predicted molar refractivity (Wildman–Crippen MR) is 80.8 cm³/mol. The van der Waals surface area contributed by atoms with Crippen molar-refractivity contribution in [1.82, 2.24) is 5.32 Å². The predicted octanol–water partition coefficient (Wildman–Crippen LogP) is 3.12. The SMILES string of the molecule is C[C@H](NC(=O)CON=Cc1cccs1)c1ccc(F)cc1. The molecule has 1 aromatic carbocycles. The minimum absolute atomic E-state index is 0.159. The number of carbonyl (C=O) groups excluding carboxylic acids is 1. The average Bonchev–Trinajstić information content (AvgIpc) is 2.97. The van der Waals surface area contributed by atoms with Crippen LogP contribution >= 0.6 is 11.3 Å². The number of oxime groups is 1. The molecule has 6 heteroatoms. The second-order valence-electron chi connectivity index (χ2n) is 4.36. The third-order valence-corrected chi connectivity index (χ3v) is 3.55. The van der Waals surface area contributed by atoms with E-state index in [1.807, 2.05) is 24.4 Å². The first-order valence-corrected chi connectivity index (χ1v) is 7.27. The minimum atomic E-state index is -0.302. The van der Waals surface area contributed by atoms with Crippen LogP contribution < -0.4 is 5.32 Å². The maximum Gasteiger partial charge on any atom is 0.261 e. The molecule has 2 rings (SSSR count). The number of hydrogen-bond donors (Lipinski definition) is 1. The summed E-state index contributed by atoms with van der Waals surface area (Å²) in [6, 6.07) is 9.58.